The molecule has 1 saturated heterocycles. The maximum Gasteiger partial charge on any atom is 0.311 e. The Balaban J connectivity index is 1.62. The zero-order valence-electron chi connectivity index (χ0n) is 18.2. The van der Waals surface area contributed by atoms with Crippen LogP contribution in [0.4, 0.5) is 0 Å². The van der Waals surface area contributed by atoms with Gasteiger partial charge in [0.25, 0.3) is 0 Å². The molecule has 2 fully saturated rings. The average molecular weight is 455 g/mol. The number of aryl methyl sites for hydroxylation is 1. The summed E-state index contributed by atoms with van der Waals surface area (Å²) in [5.41, 5.74) is 2.89. The quantitative estimate of drug-likeness (QED) is 0.673. The van der Waals surface area contributed by atoms with Gasteiger partial charge >= 0.3 is 5.97 Å². The van der Waals surface area contributed by atoms with Crippen molar-refractivity contribution in [2.75, 3.05) is 7.11 Å². The van der Waals surface area contributed by atoms with Crippen LogP contribution in [0.25, 0.3) is 0 Å². The van der Waals surface area contributed by atoms with E-state index < -0.39 is 24.0 Å². The van der Waals surface area contributed by atoms with Crippen LogP contribution in [-0.2, 0) is 25.7 Å². The molecule has 1 aliphatic heterocycles. The van der Waals surface area contributed by atoms with E-state index in [1.165, 1.54) is 7.11 Å². The van der Waals surface area contributed by atoms with Crippen LogP contribution >= 0.6 is 11.6 Å². The minimum Gasteiger partial charge on any atom is -0.469 e. The van der Waals surface area contributed by atoms with Gasteiger partial charge in [0.15, 0.2) is 0 Å². The predicted molar refractivity (Wildman–Crippen MR) is 121 cm³/mol. The summed E-state index contributed by atoms with van der Waals surface area (Å²) in [6, 6.07) is 13.7. The lowest BCUT2D eigenvalue weighted by Crippen LogP contribution is -2.47. The Bertz CT molecular complexity index is 1000. The van der Waals surface area contributed by atoms with Crippen LogP contribution in [-0.4, -0.2) is 35.8 Å². The predicted octanol–water partition coefficient (Wildman–Crippen LogP) is 3.81. The van der Waals surface area contributed by atoms with Gasteiger partial charge in [-0.25, -0.2) is 0 Å². The Morgan fingerprint density at radius 2 is 1.72 bits per heavy atom. The van der Waals surface area contributed by atoms with E-state index in [4.69, 9.17) is 16.3 Å². The summed E-state index contributed by atoms with van der Waals surface area (Å²) in [6.45, 7) is 2.36. The molecule has 0 radical (unpaired) electrons. The number of halogens is 1. The Hall–Kier alpha value is -2.86. The maximum absolute atomic E-state index is 13.3. The molecule has 3 unspecified atom stereocenters. The van der Waals surface area contributed by atoms with Gasteiger partial charge in [-0.15, -0.1) is 0 Å². The number of nitrogens with one attached hydrogen (secondary N) is 1. The first-order valence-corrected chi connectivity index (χ1v) is 11.3. The second-order valence-corrected chi connectivity index (χ2v) is 9.04. The fraction of sp³-hybridized carbons (Fsp3) is 0.400. The zero-order valence-corrected chi connectivity index (χ0v) is 19.0. The molecule has 32 heavy (non-hydrogen) atoms. The molecule has 1 aliphatic carbocycles. The summed E-state index contributed by atoms with van der Waals surface area (Å²) in [6.07, 6.45) is 1.84. The third-order valence-corrected chi connectivity index (χ3v) is 6.53. The van der Waals surface area contributed by atoms with E-state index in [1.54, 1.807) is 17.0 Å². The fourth-order valence-corrected chi connectivity index (χ4v) is 4.50. The van der Waals surface area contributed by atoms with E-state index in [0.29, 0.717) is 11.6 Å². The molecule has 2 aromatic rings. The molecule has 2 aromatic carbocycles. The summed E-state index contributed by atoms with van der Waals surface area (Å²) < 4.78 is 5.05. The molecular formula is C25H27ClN2O4. The molecule has 168 valence electrons. The molecule has 6 nitrogen and oxygen atoms in total. The molecule has 1 heterocycles. The Morgan fingerprint density at radius 3 is 2.31 bits per heavy atom. The standard InChI is InChI=1S/C25H27ClN2O4/c1-15-3-5-16(6-4-15)14-27-23(29)21-13-20(25(31)32-2)22(17-9-11-19(26)12-10-17)28(21)24(30)18-7-8-18/h3-6,9-12,18,20-22H,7-8,13-14H2,1-2H3,(H,27,29). The van der Waals surface area contributed by atoms with Crippen molar-refractivity contribution < 1.29 is 19.1 Å². The highest BCUT2D eigenvalue weighted by Crippen LogP contribution is 2.45. The normalized spacial score (nSPS) is 22.5. The van der Waals surface area contributed by atoms with Crippen molar-refractivity contribution in [3.8, 4) is 0 Å². The van der Waals surface area contributed by atoms with Crippen LogP contribution in [0.15, 0.2) is 48.5 Å². The fourth-order valence-electron chi connectivity index (χ4n) is 4.38. The molecule has 1 N–H and O–H groups in total. The number of carbonyl (C=O) groups excluding carboxylic acids is 3. The minimum absolute atomic E-state index is 0.0770. The van der Waals surface area contributed by atoms with Crippen molar-refractivity contribution in [3.05, 3.63) is 70.2 Å². The molecule has 0 spiro atoms. The van der Waals surface area contributed by atoms with Crippen molar-refractivity contribution in [2.45, 2.75) is 44.8 Å². The molecule has 0 bridgehead atoms. The molecule has 4 rings (SSSR count). The minimum atomic E-state index is -0.738. The summed E-state index contributed by atoms with van der Waals surface area (Å²) >= 11 is 6.06. The van der Waals surface area contributed by atoms with Gasteiger partial charge in [0.2, 0.25) is 11.8 Å². The summed E-state index contributed by atoms with van der Waals surface area (Å²) in [7, 11) is 1.33. The smallest absolute Gasteiger partial charge is 0.311 e. The molecule has 7 heteroatoms. The van der Waals surface area contributed by atoms with E-state index in [-0.39, 0.29) is 24.2 Å². The third-order valence-electron chi connectivity index (χ3n) is 6.28. The summed E-state index contributed by atoms with van der Waals surface area (Å²) in [5.74, 6) is -1.48. The highest BCUT2D eigenvalue weighted by atomic mass is 35.5. The van der Waals surface area contributed by atoms with Crippen molar-refractivity contribution in [3.63, 3.8) is 0 Å². The molecular weight excluding hydrogens is 428 g/mol. The number of likely N-dealkylation sites (tertiary alicyclic amines) is 1. The number of nitrogens with zero attached hydrogens (tertiary/aromatic N) is 1. The van der Waals surface area contributed by atoms with E-state index in [9.17, 15) is 14.4 Å². The monoisotopic (exact) mass is 454 g/mol. The van der Waals surface area contributed by atoms with E-state index in [0.717, 1.165) is 29.5 Å². The number of hydrogen-bond acceptors (Lipinski definition) is 4. The van der Waals surface area contributed by atoms with Gasteiger partial charge in [0.05, 0.1) is 19.1 Å². The molecule has 0 aromatic heterocycles. The molecule has 2 amide bonds. The number of hydrogen-bond donors (Lipinski definition) is 1. The second kappa shape index (κ2) is 9.33. The van der Waals surface area contributed by atoms with E-state index in [2.05, 4.69) is 5.32 Å². The SMILES string of the molecule is COC(=O)C1CC(C(=O)NCc2ccc(C)cc2)N(C(=O)C2CC2)C1c1ccc(Cl)cc1. The van der Waals surface area contributed by atoms with Gasteiger partial charge in [-0.1, -0.05) is 53.6 Å². The lowest BCUT2D eigenvalue weighted by molar-refractivity contribution is -0.147. The van der Waals surface area contributed by atoms with Gasteiger partial charge < -0.3 is 15.0 Å². The highest BCUT2D eigenvalue weighted by molar-refractivity contribution is 6.30. The molecule has 1 saturated carbocycles. The first-order valence-electron chi connectivity index (χ1n) is 10.9. The van der Waals surface area contributed by atoms with Crippen LogP contribution in [0.3, 0.4) is 0 Å². The van der Waals surface area contributed by atoms with Crippen LogP contribution in [0.1, 0.15) is 42.0 Å². The first kappa shape index (κ1) is 22.3. The lowest BCUT2D eigenvalue weighted by atomic mass is 9.93. The van der Waals surface area contributed by atoms with Gasteiger partial charge in [-0.05, 0) is 49.4 Å². The van der Waals surface area contributed by atoms with Crippen molar-refractivity contribution in [2.24, 2.45) is 11.8 Å². The Morgan fingerprint density at radius 1 is 1.06 bits per heavy atom. The maximum atomic E-state index is 13.3. The van der Waals surface area contributed by atoms with Gasteiger partial charge in [-0.3, -0.25) is 14.4 Å². The van der Waals surface area contributed by atoms with E-state index >= 15 is 0 Å². The molecule has 2 aliphatic rings. The molecule has 3 atom stereocenters. The van der Waals surface area contributed by atoms with Crippen molar-refractivity contribution >= 4 is 29.4 Å². The number of rotatable bonds is 6. The van der Waals surface area contributed by atoms with Crippen LogP contribution in [0, 0.1) is 18.8 Å². The number of ether oxygens (including phenoxy) is 1. The largest absolute Gasteiger partial charge is 0.469 e. The Kier molecular flexibility index (Phi) is 6.51. The Labute approximate surface area is 192 Å². The van der Waals surface area contributed by atoms with Crippen molar-refractivity contribution in [1.29, 1.82) is 0 Å². The van der Waals surface area contributed by atoms with Crippen LogP contribution in [0.2, 0.25) is 5.02 Å². The topological polar surface area (TPSA) is 75.7 Å². The zero-order chi connectivity index (χ0) is 22.8. The lowest BCUT2D eigenvalue weighted by Gasteiger charge is -2.31. The van der Waals surface area contributed by atoms with Crippen molar-refractivity contribution in [1.82, 2.24) is 10.2 Å². The van der Waals surface area contributed by atoms with E-state index in [1.807, 2.05) is 43.3 Å². The number of amides is 2. The van der Waals surface area contributed by atoms with Crippen LogP contribution < -0.4 is 5.32 Å². The first-order chi connectivity index (χ1) is 15.4. The third kappa shape index (κ3) is 4.65. The van der Waals surface area contributed by atoms with Gasteiger partial charge in [0.1, 0.15) is 6.04 Å². The highest BCUT2D eigenvalue weighted by Gasteiger charge is 2.53. The number of esters is 1. The number of benzene rings is 2. The summed E-state index contributed by atoms with van der Waals surface area (Å²) in [5, 5.41) is 3.52. The van der Waals surface area contributed by atoms with Gasteiger partial charge in [0, 0.05) is 17.5 Å². The second-order valence-electron chi connectivity index (χ2n) is 8.60. The van der Waals surface area contributed by atoms with Crippen LogP contribution in [0.5, 0.6) is 0 Å². The van der Waals surface area contributed by atoms with Gasteiger partial charge in [-0.2, -0.15) is 0 Å². The number of carbonyl (C=O) groups is 3. The number of methoxy groups -OCH3 is 1. The summed E-state index contributed by atoms with van der Waals surface area (Å²) in [4.78, 5) is 40.9. The average Bonchev–Trinajstić information content (AvgIpc) is 3.57.